The molecule has 0 aliphatic carbocycles. The maximum absolute atomic E-state index is 11.0. The molecule has 6 heteroatoms. The number of hydrogen-bond acceptors (Lipinski definition) is 4. The van der Waals surface area contributed by atoms with Gasteiger partial charge in [-0.1, -0.05) is 18.2 Å². The molecule has 2 N–H and O–H groups in total. The highest BCUT2D eigenvalue weighted by Crippen LogP contribution is 2.16. The summed E-state index contributed by atoms with van der Waals surface area (Å²) in [6.45, 7) is 0.847. The monoisotopic (exact) mass is 275 g/mol. The number of benzene rings is 1. The number of aliphatic hydroxyl groups excluding tert-OH is 1. The Hall–Kier alpha value is -2.34. The van der Waals surface area contributed by atoms with E-state index in [1.54, 1.807) is 15.8 Å². The molecule has 0 radical (unpaired) electrons. The Kier molecular flexibility index (Phi) is 4.73. The number of rotatable bonds is 7. The third-order valence-corrected chi connectivity index (χ3v) is 2.84. The van der Waals surface area contributed by atoms with Crippen LogP contribution >= 0.6 is 0 Å². The number of para-hydroxylation sites is 1. The van der Waals surface area contributed by atoms with Crippen LogP contribution < -0.4 is 4.90 Å². The number of anilines is 1. The SMILES string of the molecule is O=C(O)CN(Cc1cnn(CCO)c1)c1ccccc1. The van der Waals surface area contributed by atoms with Gasteiger partial charge in [0.2, 0.25) is 0 Å². The molecular weight excluding hydrogens is 258 g/mol. The van der Waals surface area contributed by atoms with Gasteiger partial charge in [-0.25, -0.2) is 0 Å². The van der Waals surface area contributed by atoms with Crippen molar-refractivity contribution in [1.29, 1.82) is 0 Å². The van der Waals surface area contributed by atoms with Gasteiger partial charge in [0, 0.05) is 24.0 Å². The molecular formula is C14H17N3O3. The van der Waals surface area contributed by atoms with Crippen LogP contribution in [-0.2, 0) is 17.9 Å². The normalized spacial score (nSPS) is 10.4. The standard InChI is InChI=1S/C14H17N3O3/c18-7-6-17-10-12(8-15-17)9-16(11-14(19)20)13-4-2-1-3-5-13/h1-5,8,10,18H,6-7,9,11H2,(H,19,20). The zero-order chi connectivity index (χ0) is 14.4. The molecule has 2 rings (SSSR count). The van der Waals surface area contributed by atoms with Gasteiger partial charge in [-0.2, -0.15) is 5.10 Å². The number of carboxylic acid groups (broad SMARTS) is 1. The predicted octanol–water partition coefficient (Wildman–Crippen LogP) is 0.967. The summed E-state index contributed by atoms with van der Waals surface area (Å²) < 4.78 is 1.64. The van der Waals surface area contributed by atoms with Gasteiger partial charge < -0.3 is 15.1 Å². The van der Waals surface area contributed by atoms with E-state index in [0.29, 0.717) is 13.1 Å². The van der Waals surface area contributed by atoms with Gasteiger partial charge in [0.25, 0.3) is 0 Å². The minimum Gasteiger partial charge on any atom is -0.480 e. The van der Waals surface area contributed by atoms with Crippen molar-refractivity contribution < 1.29 is 15.0 Å². The van der Waals surface area contributed by atoms with Gasteiger partial charge in [0.1, 0.15) is 6.54 Å². The van der Waals surface area contributed by atoms with Crippen molar-refractivity contribution in [3.05, 3.63) is 48.3 Å². The lowest BCUT2D eigenvalue weighted by atomic mass is 10.2. The van der Waals surface area contributed by atoms with E-state index in [1.807, 2.05) is 36.5 Å². The Balaban J connectivity index is 2.12. The average Bonchev–Trinajstić information content (AvgIpc) is 2.86. The molecule has 6 nitrogen and oxygen atoms in total. The quantitative estimate of drug-likeness (QED) is 0.787. The van der Waals surface area contributed by atoms with Crippen LogP contribution in [0.5, 0.6) is 0 Å². The number of nitrogens with zero attached hydrogens (tertiary/aromatic N) is 3. The van der Waals surface area contributed by atoms with Crippen LogP contribution in [0.4, 0.5) is 5.69 Å². The van der Waals surface area contributed by atoms with E-state index < -0.39 is 5.97 Å². The molecule has 0 saturated heterocycles. The summed E-state index contributed by atoms with van der Waals surface area (Å²) >= 11 is 0. The number of aliphatic carboxylic acids is 1. The molecule has 0 aliphatic rings. The van der Waals surface area contributed by atoms with Crippen molar-refractivity contribution in [2.75, 3.05) is 18.1 Å². The molecule has 1 aromatic carbocycles. The van der Waals surface area contributed by atoms with Gasteiger partial charge in [0.05, 0.1) is 19.3 Å². The highest BCUT2D eigenvalue weighted by Gasteiger charge is 2.12. The fourth-order valence-corrected chi connectivity index (χ4v) is 1.97. The Bertz CT molecular complexity index is 554. The smallest absolute Gasteiger partial charge is 0.323 e. The van der Waals surface area contributed by atoms with E-state index in [9.17, 15) is 4.79 Å². The van der Waals surface area contributed by atoms with E-state index >= 15 is 0 Å². The van der Waals surface area contributed by atoms with Crippen molar-refractivity contribution in [3.63, 3.8) is 0 Å². The molecule has 0 bridgehead atoms. The van der Waals surface area contributed by atoms with Crippen LogP contribution in [0.25, 0.3) is 0 Å². The number of carbonyl (C=O) groups is 1. The van der Waals surface area contributed by atoms with Crippen LogP contribution in [0.15, 0.2) is 42.7 Å². The molecule has 0 amide bonds. The summed E-state index contributed by atoms with van der Waals surface area (Å²) in [4.78, 5) is 12.8. The molecule has 0 fully saturated rings. The van der Waals surface area contributed by atoms with E-state index in [2.05, 4.69) is 5.10 Å². The maximum atomic E-state index is 11.0. The minimum atomic E-state index is -0.878. The van der Waals surface area contributed by atoms with Crippen LogP contribution in [0.1, 0.15) is 5.56 Å². The van der Waals surface area contributed by atoms with Crippen molar-refractivity contribution >= 4 is 11.7 Å². The van der Waals surface area contributed by atoms with Crippen LogP contribution in [0.2, 0.25) is 0 Å². The van der Waals surface area contributed by atoms with E-state index in [0.717, 1.165) is 11.3 Å². The van der Waals surface area contributed by atoms with E-state index in [4.69, 9.17) is 10.2 Å². The van der Waals surface area contributed by atoms with Crippen LogP contribution in [0, 0.1) is 0 Å². The number of aromatic nitrogens is 2. The van der Waals surface area contributed by atoms with Crippen molar-refractivity contribution in [2.45, 2.75) is 13.1 Å². The predicted molar refractivity (Wildman–Crippen MR) is 74.4 cm³/mol. The van der Waals surface area contributed by atoms with Crippen LogP contribution in [0.3, 0.4) is 0 Å². The summed E-state index contributed by atoms with van der Waals surface area (Å²) in [7, 11) is 0. The first kappa shape index (κ1) is 14.1. The lowest BCUT2D eigenvalue weighted by molar-refractivity contribution is -0.135. The molecule has 20 heavy (non-hydrogen) atoms. The second-order valence-corrected chi connectivity index (χ2v) is 4.42. The first-order valence-electron chi connectivity index (χ1n) is 6.33. The zero-order valence-corrected chi connectivity index (χ0v) is 11.0. The lowest BCUT2D eigenvalue weighted by Crippen LogP contribution is -2.28. The summed E-state index contributed by atoms with van der Waals surface area (Å²) in [6.07, 6.45) is 3.50. The molecule has 0 spiro atoms. The molecule has 2 aromatic rings. The molecule has 1 aromatic heterocycles. The van der Waals surface area contributed by atoms with E-state index in [1.165, 1.54) is 0 Å². The third kappa shape index (κ3) is 3.83. The highest BCUT2D eigenvalue weighted by molar-refractivity contribution is 5.73. The summed E-state index contributed by atoms with van der Waals surface area (Å²) in [5, 5.41) is 22.0. The fourth-order valence-electron chi connectivity index (χ4n) is 1.97. The zero-order valence-electron chi connectivity index (χ0n) is 11.0. The van der Waals surface area contributed by atoms with Gasteiger partial charge in [0.15, 0.2) is 0 Å². The molecule has 106 valence electrons. The number of aliphatic hydroxyl groups is 1. The topological polar surface area (TPSA) is 78.6 Å². The van der Waals surface area contributed by atoms with Crippen molar-refractivity contribution in [2.24, 2.45) is 0 Å². The Labute approximate surface area is 116 Å². The Morgan fingerprint density at radius 3 is 2.70 bits per heavy atom. The molecule has 0 aliphatic heterocycles. The fraction of sp³-hybridized carbons (Fsp3) is 0.286. The summed E-state index contributed by atoms with van der Waals surface area (Å²) in [5.41, 5.74) is 1.76. The lowest BCUT2D eigenvalue weighted by Gasteiger charge is -2.22. The largest absolute Gasteiger partial charge is 0.480 e. The Morgan fingerprint density at radius 2 is 2.05 bits per heavy atom. The molecule has 0 unspecified atom stereocenters. The minimum absolute atomic E-state index is 0.0264. The van der Waals surface area contributed by atoms with Gasteiger partial charge in [-0.3, -0.25) is 9.48 Å². The first-order chi connectivity index (χ1) is 9.69. The van der Waals surface area contributed by atoms with E-state index in [-0.39, 0.29) is 13.2 Å². The van der Waals surface area contributed by atoms with Gasteiger partial charge in [-0.15, -0.1) is 0 Å². The highest BCUT2D eigenvalue weighted by atomic mass is 16.4. The van der Waals surface area contributed by atoms with Crippen LogP contribution in [-0.4, -0.2) is 39.1 Å². The van der Waals surface area contributed by atoms with Gasteiger partial charge in [-0.05, 0) is 12.1 Å². The Morgan fingerprint density at radius 1 is 1.30 bits per heavy atom. The summed E-state index contributed by atoms with van der Waals surface area (Å²) in [6, 6.07) is 9.39. The number of hydrogen-bond donors (Lipinski definition) is 2. The molecule has 1 heterocycles. The van der Waals surface area contributed by atoms with Crippen molar-refractivity contribution in [3.8, 4) is 0 Å². The second kappa shape index (κ2) is 6.72. The average molecular weight is 275 g/mol. The second-order valence-electron chi connectivity index (χ2n) is 4.42. The molecule has 0 atom stereocenters. The van der Waals surface area contributed by atoms with Crippen molar-refractivity contribution in [1.82, 2.24) is 9.78 Å². The first-order valence-corrected chi connectivity index (χ1v) is 6.33. The summed E-state index contributed by atoms with van der Waals surface area (Å²) in [5.74, 6) is -0.878. The van der Waals surface area contributed by atoms with Gasteiger partial charge >= 0.3 is 5.97 Å². The maximum Gasteiger partial charge on any atom is 0.323 e. The third-order valence-electron chi connectivity index (χ3n) is 2.84. The molecule has 0 saturated carbocycles. The number of carboxylic acids is 1.